The Morgan fingerprint density at radius 3 is 3.00 bits per heavy atom. The molecule has 1 saturated heterocycles. The van der Waals surface area contributed by atoms with Crippen LogP contribution in [0.15, 0.2) is 22.7 Å². The number of nitrogens with one attached hydrogen (secondary N) is 1. The van der Waals surface area contributed by atoms with Crippen LogP contribution in [-0.2, 0) is 11.2 Å². The second-order valence-corrected chi connectivity index (χ2v) is 5.63. The van der Waals surface area contributed by atoms with Crippen LogP contribution in [0.3, 0.4) is 0 Å². The van der Waals surface area contributed by atoms with Gasteiger partial charge in [-0.3, -0.25) is 0 Å². The molecule has 1 N–H and O–H groups in total. The van der Waals surface area contributed by atoms with E-state index in [2.05, 4.69) is 53.3 Å². The van der Waals surface area contributed by atoms with E-state index in [1.807, 2.05) is 0 Å². The van der Waals surface area contributed by atoms with Crippen LogP contribution in [0.1, 0.15) is 25.8 Å². The van der Waals surface area contributed by atoms with Gasteiger partial charge in [-0.1, -0.05) is 22.9 Å². The number of halogens is 1. The van der Waals surface area contributed by atoms with Crippen LogP contribution in [0.5, 0.6) is 0 Å². The Balaban J connectivity index is 2.06. The van der Waals surface area contributed by atoms with Gasteiger partial charge in [-0.25, -0.2) is 0 Å². The highest BCUT2D eigenvalue weighted by Crippen LogP contribution is 2.25. The summed E-state index contributed by atoms with van der Waals surface area (Å²) < 4.78 is 6.59. The predicted octanol–water partition coefficient (Wildman–Crippen LogP) is 3.85. The van der Waals surface area contributed by atoms with E-state index in [9.17, 15) is 0 Å². The monoisotopic (exact) mass is 297 g/mol. The Kier molecular flexibility index (Phi) is 4.46. The lowest BCUT2D eigenvalue weighted by Crippen LogP contribution is -2.26. The third-order valence-corrected chi connectivity index (χ3v) is 4.00. The summed E-state index contributed by atoms with van der Waals surface area (Å²) in [6, 6.07) is 6.93. The van der Waals surface area contributed by atoms with Crippen molar-refractivity contribution in [3.05, 3.63) is 28.2 Å². The van der Waals surface area contributed by atoms with E-state index >= 15 is 0 Å². The average Bonchev–Trinajstić information content (AvgIpc) is 2.85. The molecular formula is C14H20BrNO. The second-order valence-electron chi connectivity index (χ2n) is 4.71. The van der Waals surface area contributed by atoms with E-state index < -0.39 is 0 Å². The highest BCUT2D eigenvalue weighted by molar-refractivity contribution is 9.10. The van der Waals surface area contributed by atoms with Crippen LogP contribution in [0.4, 0.5) is 5.69 Å². The predicted molar refractivity (Wildman–Crippen MR) is 75.5 cm³/mol. The Labute approximate surface area is 112 Å². The first-order valence-corrected chi connectivity index (χ1v) is 7.12. The van der Waals surface area contributed by atoms with Gasteiger partial charge in [-0.2, -0.15) is 0 Å². The van der Waals surface area contributed by atoms with Crippen molar-refractivity contribution in [2.24, 2.45) is 5.92 Å². The van der Waals surface area contributed by atoms with Crippen LogP contribution in [0.2, 0.25) is 0 Å². The van der Waals surface area contributed by atoms with Gasteiger partial charge in [0.15, 0.2) is 0 Å². The Hall–Kier alpha value is -0.540. The van der Waals surface area contributed by atoms with E-state index in [4.69, 9.17) is 4.74 Å². The summed E-state index contributed by atoms with van der Waals surface area (Å²) in [6.07, 6.45) is 2.22. The van der Waals surface area contributed by atoms with Crippen LogP contribution in [0.25, 0.3) is 0 Å². The lowest BCUT2D eigenvalue weighted by atomic mass is 9.99. The van der Waals surface area contributed by atoms with Crippen molar-refractivity contribution in [1.82, 2.24) is 0 Å². The maximum absolute atomic E-state index is 5.44. The summed E-state index contributed by atoms with van der Waals surface area (Å²) in [5.74, 6) is 0.642. The zero-order valence-electron chi connectivity index (χ0n) is 10.5. The molecule has 0 radical (unpaired) electrons. The van der Waals surface area contributed by atoms with Gasteiger partial charge >= 0.3 is 0 Å². The largest absolute Gasteiger partial charge is 0.382 e. The Morgan fingerprint density at radius 2 is 2.35 bits per heavy atom. The zero-order chi connectivity index (χ0) is 12.3. The first-order chi connectivity index (χ1) is 8.20. The molecule has 1 aromatic rings. The molecule has 1 fully saturated rings. The van der Waals surface area contributed by atoms with Gasteiger partial charge in [0.05, 0.1) is 6.61 Å². The smallest absolute Gasteiger partial charge is 0.0514 e. The van der Waals surface area contributed by atoms with Gasteiger partial charge in [0.25, 0.3) is 0 Å². The van der Waals surface area contributed by atoms with Crippen molar-refractivity contribution in [1.29, 1.82) is 0 Å². The molecule has 1 aliphatic heterocycles. The maximum atomic E-state index is 5.44. The fourth-order valence-electron chi connectivity index (χ4n) is 2.31. The normalized spacial score (nSPS) is 21.5. The van der Waals surface area contributed by atoms with E-state index in [1.54, 1.807) is 0 Å². The molecule has 0 aromatic heterocycles. The van der Waals surface area contributed by atoms with E-state index in [0.717, 1.165) is 24.1 Å². The molecule has 2 rings (SSSR count). The molecule has 2 atom stereocenters. The molecule has 1 aromatic carbocycles. The van der Waals surface area contributed by atoms with E-state index in [-0.39, 0.29) is 0 Å². The molecule has 3 heteroatoms. The van der Waals surface area contributed by atoms with Crippen molar-refractivity contribution >= 4 is 21.6 Å². The SMILES string of the molecule is CCc1cc(Br)ccc1NC(C)C1CCOC1. The highest BCUT2D eigenvalue weighted by atomic mass is 79.9. The summed E-state index contributed by atoms with van der Waals surface area (Å²) >= 11 is 3.52. The standard InChI is InChI=1S/C14H20BrNO/c1-3-11-8-13(15)4-5-14(11)16-10(2)12-6-7-17-9-12/h4-5,8,10,12,16H,3,6-7,9H2,1-2H3. The topological polar surface area (TPSA) is 21.3 Å². The van der Waals surface area contributed by atoms with Crippen molar-refractivity contribution in [3.63, 3.8) is 0 Å². The molecule has 17 heavy (non-hydrogen) atoms. The molecule has 2 nitrogen and oxygen atoms in total. The average molecular weight is 298 g/mol. The number of ether oxygens (including phenoxy) is 1. The van der Waals surface area contributed by atoms with Crippen LogP contribution < -0.4 is 5.32 Å². The molecule has 0 bridgehead atoms. The molecular weight excluding hydrogens is 278 g/mol. The number of hydrogen-bond acceptors (Lipinski definition) is 2. The van der Waals surface area contributed by atoms with Crippen molar-refractivity contribution in [3.8, 4) is 0 Å². The molecule has 0 amide bonds. The summed E-state index contributed by atoms with van der Waals surface area (Å²) in [7, 11) is 0. The van der Waals surface area contributed by atoms with Gasteiger partial charge in [0.2, 0.25) is 0 Å². The summed E-state index contributed by atoms with van der Waals surface area (Å²) in [4.78, 5) is 0. The highest BCUT2D eigenvalue weighted by Gasteiger charge is 2.22. The van der Waals surface area contributed by atoms with Gasteiger partial charge in [-0.05, 0) is 43.5 Å². The molecule has 0 saturated carbocycles. The third-order valence-electron chi connectivity index (χ3n) is 3.50. The number of aryl methyl sites for hydroxylation is 1. The minimum absolute atomic E-state index is 0.476. The first kappa shape index (κ1) is 12.9. The molecule has 0 spiro atoms. The molecule has 94 valence electrons. The zero-order valence-corrected chi connectivity index (χ0v) is 12.1. The molecule has 0 aliphatic carbocycles. The van der Waals surface area contributed by atoms with E-state index in [1.165, 1.54) is 17.7 Å². The van der Waals surface area contributed by atoms with Gasteiger partial charge in [0, 0.05) is 28.7 Å². The van der Waals surface area contributed by atoms with Gasteiger partial charge in [-0.15, -0.1) is 0 Å². The van der Waals surface area contributed by atoms with Crippen molar-refractivity contribution in [2.75, 3.05) is 18.5 Å². The second kappa shape index (κ2) is 5.87. The van der Waals surface area contributed by atoms with Crippen LogP contribution >= 0.6 is 15.9 Å². The maximum Gasteiger partial charge on any atom is 0.0514 e. The summed E-state index contributed by atoms with van der Waals surface area (Å²) in [6.45, 7) is 6.25. The lowest BCUT2D eigenvalue weighted by molar-refractivity contribution is 0.183. The number of rotatable bonds is 4. The molecule has 1 aliphatic rings. The minimum atomic E-state index is 0.476. The Bertz CT molecular complexity index is 374. The molecule has 1 heterocycles. The fraction of sp³-hybridized carbons (Fsp3) is 0.571. The quantitative estimate of drug-likeness (QED) is 0.911. The Morgan fingerprint density at radius 1 is 1.53 bits per heavy atom. The van der Waals surface area contributed by atoms with Crippen molar-refractivity contribution < 1.29 is 4.74 Å². The first-order valence-electron chi connectivity index (χ1n) is 6.33. The molecule has 2 unspecified atom stereocenters. The van der Waals surface area contributed by atoms with Gasteiger partial charge in [0.1, 0.15) is 0 Å². The number of hydrogen-bond donors (Lipinski definition) is 1. The lowest BCUT2D eigenvalue weighted by Gasteiger charge is -2.22. The van der Waals surface area contributed by atoms with Crippen LogP contribution in [0, 0.1) is 5.92 Å². The van der Waals surface area contributed by atoms with E-state index in [0.29, 0.717) is 12.0 Å². The summed E-state index contributed by atoms with van der Waals surface area (Å²) in [5, 5.41) is 3.63. The van der Waals surface area contributed by atoms with Gasteiger partial charge < -0.3 is 10.1 Å². The number of anilines is 1. The number of benzene rings is 1. The van der Waals surface area contributed by atoms with Crippen LogP contribution in [-0.4, -0.2) is 19.3 Å². The summed E-state index contributed by atoms with van der Waals surface area (Å²) in [5.41, 5.74) is 2.63. The fourth-order valence-corrected chi connectivity index (χ4v) is 2.71. The minimum Gasteiger partial charge on any atom is -0.382 e. The van der Waals surface area contributed by atoms with Crippen molar-refractivity contribution in [2.45, 2.75) is 32.7 Å². The third kappa shape index (κ3) is 3.23.